The van der Waals surface area contributed by atoms with E-state index in [1.54, 1.807) is 13.0 Å². The number of amides is 1. The first-order chi connectivity index (χ1) is 8.13. The molecule has 1 aliphatic heterocycles. The topological polar surface area (TPSA) is 23.6 Å². The van der Waals surface area contributed by atoms with Crippen LogP contribution in [-0.4, -0.2) is 48.4 Å². The smallest absolute Gasteiger partial charge is 0.219 e. The largest absolute Gasteiger partial charge is 0.340 e. The SMILES string of the molecule is C=C/C=C\C=C(\C)CN1CCN(C(C)=O)CC1. The summed E-state index contributed by atoms with van der Waals surface area (Å²) in [5.74, 6) is 0.186. The van der Waals surface area contributed by atoms with E-state index in [-0.39, 0.29) is 5.91 Å². The molecule has 0 aromatic heterocycles. The molecule has 0 aromatic rings. The minimum absolute atomic E-state index is 0.186. The first-order valence-electron chi connectivity index (χ1n) is 6.06. The summed E-state index contributed by atoms with van der Waals surface area (Å²) in [6, 6.07) is 0. The highest BCUT2D eigenvalue weighted by Gasteiger charge is 2.17. The number of allylic oxidation sites excluding steroid dienone is 4. The van der Waals surface area contributed by atoms with Gasteiger partial charge in [-0.3, -0.25) is 9.69 Å². The van der Waals surface area contributed by atoms with Gasteiger partial charge in [0, 0.05) is 39.6 Å². The van der Waals surface area contributed by atoms with E-state index in [2.05, 4.69) is 24.5 Å². The zero-order chi connectivity index (χ0) is 12.7. The Hall–Kier alpha value is -1.35. The molecule has 3 nitrogen and oxygen atoms in total. The first-order valence-corrected chi connectivity index (χ1v) is 6.06. The second-order valence-electron chi connectivity index (χ2n) is 4.42. The van der Waals surface area contributed by atoms with Gasteiger partial charge in [0.15, 0.2) is 0 Å². The average Bonchev–Trinajstić information content (AvgIpc) is 2.30. The fourth-order valence-corrected chi connectivity index (χ4v) is 1.92. The van der Waals surface area contributed by atoms with E-state index < -0.39 is 0 Å². The van der Waals surface area contributed by atoms with Gasteiger partial charge in [0.25, 0.3) is 0 Å². The molecule has 1 amide bonds. The monoisotopic (exact) mass is 234 g/mol. The van der Waals surface area contributed by atoms with Crippen LogP contribution in [0.15, 0.2) is 36.5 Å². The van der Waals surface area contributed by atoms with Crippen LogP contribution in [0.4, 0.5) is 0 Å². The van der Waals surface area contributed by atoms with Crippen LogP contribution in [-0.2, 0) is 4.79 Å². The van der Waals surface area contributed by atoms with Crippen molar-refractivity contribution in [1.29, 1.82) is 0 Å². The maximum atomic E-state index is 11.2. The second-order valence-corrected chi connectivity index (χ2v) is 4.42. The highest BCUT2D eigenvalue weighted by Crippen LogP contribution is 2.05. The van der Waals surface area contributed by atoms with Gasteiger partial charge >= 0.3 is 0 Å². The van der Waals surface area contributed by atoms with Crippen molar-refractivity contribution in [3.05, 3.63) is 36.5 Å². The van der Waals surface area contributed by atoms with E-state index in [1.807, 2.05) is 17.1 Å². The third-order valence-corrected chi connectivity index (χ3v) is 2.92. The number of carbonyl (C=O) groups excluding carboxylic acids is 1. The van der Waals surface area contributed by atoms with E-state index in [0.717, 1.165) is 32.7 Å². The highest BCUT2D eigenvalue weighted by atomic mass is 16.2. The van der Waals surface area contributed by atoms with Crippen LogP contribution < -0.4 is 0 Å². The van der Waals surface area contributed by atoms with E-state index in [1.165, 1.54) is 5.57 Å². The molecule has 0 unspecified atom stereocenters. The molecule has 0 aliphatic carbocycles. The van der Waals surface area contributed by atoms with Crippen molar-refractivity contribution in [2.75, 3.05) is 32.7 Å². The van der Waals surface area contributed by atoms with Gasteiger partial charge < -0.3 is 4.90 Å². The number of rotatable bonds is 4. The van der Waals surface area contributed by atoms with Crippen LogP contribution in [0.2, 0.25) is 0 Å². The Balaban J connectivity index is 2.35. The molecule has 0 bridgehead atoms. The molecule has 1 aliphatic rings. The third-order valence-electron chi connectivity index (χ3n) is 2.92. The molecule has 1 saturated heterocycles. The molecule has 1 fully saturated rings. The number of hydrogen-bond acceptors (Lipinski definition) is 2. The van der Waals surface area contributed by atoms with Crippen molar-refractivity contribution >= 4 is 5.91 Å². The van der Waals surface area contributed by atoms with Crippen LogP contribution in [0.5, 0.6) is 0 Å². The molecule has 94 valence electrons. The summed E-state index contributed by atoms with van der Waals surface area (Å²) in [6.07, 6.45) is 7.82. The second kappa shape index (κ2) is 7.07. The zero-order valence-electron chi connectivity index (χ0n) is 10.9. The summed E-state index contributed by atoms with van der Waals surface area (Å²) < 4.78 is 0. The summed E-state index contributed by atoms with van der Waals surface area (Å²) in [5.41, 5.74) is 1.33. The number of hydrogen-bond donors (Lipinski definition) is 0. The van der Waals surface area contributed by atoms with Crippen molar-refractivity contribution in [2.24, 2.45) is 0 Å². The molecule has 0 N–H and O–H groups in total. The Morgan fingerprint density at radius 3 is 2.35 bits per heavy atom. The molecule has 17 heavy (non-hydrogen) atoms. The van der Waals surface area contributed by atoms with Crippen LogP contribution in [0.25, 0.3) is 0 Å². The minimum Gasteiger partial charge on any atom is -0.340 e. The Kier molecular flexibility index (Phi) is 5.70. The quantitative estimate of drug-likeness (QED) is 0.693. The lowest BCUT2D eigenvalue weighted by molar-refractivity contribution is -0.130. The minimum atomic E-state index is 0.186. The predicted molar refractivity (Wildman–Crippen MR) is 71.8 cm³/mol. The molecule has 0 atom stereocenters. The summed E-state index contributed by atoms with van der Waals surface area (Å²) in [5, 5.41) is 0. The van der Waals surface area contributed by atoms with Gasteiger partial charge in [-0.15, -0.1) is 0 Å². The molecule has 0 saturated carbocycles. The summed E-state index contributed by atoms with van der Waals surface area (Å²) in [4.78, 5) is 15.5. The predicted octanol–water partition coefficient (Wildman–Crippen LogP) is 1.84. The molecule has 1 heterocycles. The van der Waals surface area contributed by atoms with E-state index in [4.69, 9.17) is 0 Å². The van der Waals surface area contributed by atoms with E-state index in [9.17, 15) is 4.79 Å². The van der Waals surface area contributed by atoms with Gasteiger partial charge in [0.2, 0.25) is 5.91 Å². The fraction of sp³-hybridized carbons (Fsp3) is 0.500. The van der Waals surface area contributed by atoms with Crippen molar-refractivity contribution in [1.82, 2.24) is 9.80 Å². The normalized spacial score (nSPS) is 18.7. The maximum absolute atomic E-state index is 11.2. The third kappa shape index (κ3) is 5.00. The van der Waals surface area contributed by atoms with Gasteiger partial charge in [0.05, 0.1) is 0 Å². The maximum Gasteiger partial charge on any atom is 0.219 e. The Morgan fingerprint density at radius 2 is 1.82 bits per heavy atom. The standard InChI is InChI=1S/C14H22N2O/c1-4-5-6-7-13(2)12-15-8-10-16(11-9-15)14(3)17/h4-7H,1,8-12H2,2-3H3/b6-5-,13-7-. The fourth-order valence-electron chi connectivity index (χ4n) is 1.92. The molecule has 3 heteroatoms. The number of carbonyl (C=O) groups is 1. The van der Waals surface area contributed by atoms with Gasteiger partial charge in [0.1, 0.15) is 0 Å². The molecular formula is C14H22N2O. The van der Waals surface area contributed by atoms with Crippen LogP contribution in [0, 0.1) is 0 Å². The van der Waals surface area contributed by atoms with Gasteiger partial charge in [-0.1, -0.05) is 36.5 Å². The van der Waals surface area contributed by atoms with Gasteiger partial charge in [-0.2, -0.15) is 0 Å². The van der Waals surface area contributed by atoms with Crippen molar-refractivity contribution in [2.45, 2.75) is 13.8 Å². The Morgan fingerprint density at radius 1 is 1.18 bits per heavy atom. The first kappa shape index (κ1) is 13.7. The molecule has 0 spiro atoms. The Labute approximate surface area is 104 Å². The van der Waals surface area contributed by atoms with Crippen LogP contribution in [0.3, 0.4) is 0 Å². The van der Waals surface area contributed by atoms with Crippen molar-refractivity contribution in [3.63, 3.8) is 0 Å². The van der Waals surface area contributed by atoms with E-state index in [0.29, 0.717) is 0 Å². The van der Waals surface area contributed by atoms with Crippen LogP contribution >= 0.6 is 0 Å². The van der Waals surface area contributed by atoms with Crippen molar-refractivity contribution < 1.29 is 4.79 Å². The van der Waals surface area contributed by atoms with Gasteiger partial charge in [-0.25, -0.2) is 0 Å². The molecule has 0 aromatic carbocycles. The molecule has 1 rings (SSSR count). The van der Waals surface area contributed by atoms with Gasteiger partial charge in [-0.05, 0) is 6.92 Å². The molecular weight excluding hydrogens is 212 g/mol. The Bertz CT molecular complexity index is 323. The molecule has 0 radical (unpaired) electrons. The number of nitrogens with zero attached hydrogens (tertiary/aromatic N) is 2. The number of piperazine rings is 1. The lowest BCUT2D eigenvalue weighted by atomic mass is 10.2. The summed E-state index contributed by atoms with van der Waals surface area (Å²) >= 11 is 0. The lowest BCUT2D eigenvalue weighted by Gasteiger charge is -2.34. The highest BCUT2D eigenvalue weighted by molar-refractivity contribution is 5.73. The zero-order valence-corrected chi connectivity index (χ0v) is 10.9. The van der Waals surface area contributed by atoms with Crippen molar-refractivity contribution in [3.8, 4) is 0 Å². The van der Waals surface area contributed by atoms with E-state index >= 15 is 0 Å². The summed E-state index contributed by atoms with van der Waals surface area (Å²) in [7, 11) is 0. The van der Waals surface area contributed by atoms with Crippen LogP contribution in [0.1, 0.15) is 13.8 Å². The lowest BCUT2D eigenvalue weighted by Crippen LogP contribution is -2.48. The average molecular weight is 234 g/mol. The summed E-state index contributed by atoms with van der Waals surface area (Å²) in [6.45, 7) is 12.0.